The van der Waals surface area contributed by atoms with Gasteiger partial charge in [-0.3, -0.25) is 0 Å². The van der Waals surface area contributed by atoms with Gasteiger partial charge in [0.05, 0.1) is 12.2 Å². The number of hydrogen-bond acceptors (Lipinski definition) is 2. The van der Waals surface area contributed by atoms with Gasteiger partial charge in [-0.25, -0.2) is 0 Å². The first-order valence-corrected chi connectivity index (χ1v) is 4.46. The Morgan fingerprint density at radius 1 is 1.55 bits per heavy atom. The van der Waals surface area contributed by atoms with Gasteiger partial charge in [0.2, 0.25) is 0 Å². The molecule has 3 heteroatoms. The Bertz CT molecular complexity index is 145. The summed E-state index contributed by atoms with van der Waals surface area (Å²) in [6.07, 6.45) is 0.614. The van der Waals surface area contributed by atoms with Crippen LogP contribution in [0.25, 0.3) is 0 Å². The fourth-order valence-electron chi connectivity index (χ4n) is 0.645. The van der Waals surface area contributed by atoms with E-state index in [4.69, 9.17) is 10.2 Å². The first-order chi connectivity index (χ1) is 5.11. The number of halogens is 1. The van der Waals surface area contributed by atoms with Crippen molar-refractivity contribution in [1.82, 2.24) is 0 Å². The molecule has 0 amide bonds. The molecule has 0 spiro atoms. The predicted molar refractivity (Wildman–Crippen MR) is 49.8 cm³/mol. The minimum atomic E-state index is -0.705. The van der Waals surface area contributed by atoms with Gasteiger partial charge in [0.1, 0.15) is 0 Å². The monoisotopic (exact) mass is 220 g/mol. The van der Waals surface area contributed by atoms with Gasteiger partial charge in [-0.2, -0.15) is 0 Å². The maximum absolute atomic E-state index is 9.13. The van der Waals surface area contributed by atoms with Crippen LogP contribution in [0.15, 0.2) is 24.8 Å². The summed E-state index contributed by atoms with van der Waals surface area (Å²) < 4.78 is 0. The van der Waals surface area contributed by atoms with Crippen LogP contribution >= 0.6 is 15.9 Å². The van der Waals surface area contributed by atoms with E-state index in [1.54, 1.807) is 0 Å². The van der Waals surface area contributed by atoms with Crippen molar-refractivity contribution in [3.05, 3.63) is 24.8 Å². The molecule has 2 atom stereocenters. The predicted octanol–water partition coefficient (Wildman–Crippen LogP) is 1.24. The standard InChI is InChI=1S/C8H13BrO2/c1-3-8(11)6(2)4-7(10)5-9/h3,7-8,10-11H,1-2,4-5H2. The van der Waals surface area contributed by atoms with E-state index < -0.39 is 12.2 Å². The second-order valence-electron chi connectivity index (χ2n) is 2.35. The molecule has 0 radical (unpaired) electrons. The van der Waals surface area contributed by atoms with E-state index in [0.717, 1.165) is 0 Å². The molecular weight excluding hydrogens is 208 g/mol. The van der Waals surface area contributed by atoms with Crippen molar-refractivity contribution in [2.24, 2.45) is 0 Å². The number of alkyl halides is 1. The third-order valence-corrected chi connectivity index (χ3v) is 2.06. The van der Waals surface area contributed by atoms with E-state index in [-0.39, 0.29) is 0 Å². The van der Waals surface area contributed by atoms with Crippen LogP contribution < -0.4 is 0 Å². The number of hydrogen-bond donors (Lipinski definition) is 2. The average Bonchev–Trinajstić information content (AvgIpc) is 2.02. The summed E-state index contributed by atoms with van der Waals surface area (Å²) in [5.41, 5.74) is 0.590. The molecule has 0 saturated heterocycles. The molecular formula is C8H13BrO2. The van der Waals surface area contributed by atoms with Gasteiger partial charge in [0.15, 0.2) is 0 Å². The molecule has 0 aliphatic heterocycles. The summed E-state index contributed by atoms with van der Waals surface area (Å²) in [7, 11) is 0. The number of aliphatic hydroxyl groups is 2. The molecule has 2 unspecified atom stereocenters. The van der Waals surface area contributed by atoms with Crippen LogP contribution in [0.2, 0.25) is 0 Å². The number of rotatable bonds is 5. The van der Waals surface area contributed by atoms with Crippen LogP contribution in [0.3, 0.4) is 0 Å². The van der Waals surface area contributed by atoms with Crippen molar-refractivity contribution in [2.75, 3.05) is 5.33 Å². The minimum absolute atomic E-state index is 0.401. The van der Waals surface area contributed by atoms with Crippen LogP contribution in [0, 0.1) is 0 Å². The molecule has 11 heavy (non-hydrogen) atoms. The summed E-state index contributed by atoms with van der Waals surface area (Å²) in [5.74, 6) is 0. The fourth-order valence-corrected chi connectivity index (χ4v) is 0.874. The van der Waals surface area contributed by atoms with E-state index >= 15 is 0 Å². The van der Waals surface area contributed by atoms with Crippen molar-refractivity contribution in [3.63, 3.8) is 0 Å². The smallest absolute Gasteiger partial charge is 0.0927 e. The second kappa shape index (κ2) is 5.52. The van der Waals surface area contributed by atoms with Crippen LogP contribution in [0.5, 0.6) is 0 Å². The first-order valence-electron chi connectivity index (χ1n) is 3.34. The van der Waals surface area contributed by atoms with Gasteiger partial charge in [-0.1, -0.05) is 28.6 Å². The van der Waals surface area contributed by atoms with Gasteiger partial charge in [0, 0.05) is 5.33 Å². The van der Waals surface area contributed by atoms with Crippen molar-refractivity contribution in [1.29, 1.82) is 0 Å². The highest BCUT2D eigenvalue weighted by atomic mass is 79.9. The minimum Gasteiger partial charge on any atom is -0.392 e. The molecule has 0 bridgehead atoms. The highest BCUT2D eigenvalue weighted by Crippen LogP contribution is 2.10. The molecule has 0 saturated carbocycles. The molecule has 0 aromatic heterocycles. The lowest BCUT2D eigenvalue weighted by molar-refractivity contribution is 0.184. The molecule has 0 rings (SSSR count). The topological polar surface area (TPSA) is 40.5 Å². The van der Waals surface area contributed by atoms with E-state index in [1.165, 1.54) is 6.08 Å². The Labute approximate surface area is 75.4 Å². The van der Waals surface area contributed by atoms with Crippen molar-refractivity contribution >= 4 is 15.9 Å². The molecule has 0 aromatic rings. The maximum Gasteiger partial charge on any atom is 0.0927 e. The SMILES string of the molecule is C=CC(O)C(=C)CC(O)CBr. The maximum atomic E-state index is 9.13. The van der Waals surface area contributed by atoms with Crippen LogP contribution in [-0.2, 0) is 0 Å². The third kappa shape index (κ3) is 4.35. The Morgan fingerprint density at radius 3 is 2.45 bits per heavy atom. The molecule has 0 heterocycles. The van der Waals surface area contributed by atoms with Crippen LogP contribution in [0.1, 0.15) is 6.42 Å². The van der Waals surface area contributed by atoms with Crippen LogP contribution in [-0.4, -0.2) is 27.8 Å². The van der Waals surface area contributed by atoms with Gasteiger partial charge >= 0.3 is 0 Å². The van der Waals surface area contributed by atoms with E-state index in [2.05, 4.69) is 29.1 Å². The molecule has 64 valence electrons. The molecule has 0 aliphatic rings. The number of aliphatic hydroxyl groups excluding tert-OH is 2. The van der Waals surface area contributed by atoms with Crippen LogP contribution in [0.4, 0.5) is 0 Å². The molecule has 2 N–H and O–H groups in total. The fraction of sp³-hybridized carbons (Fsp3) is 0.500. The van der Waals surface area contributed by atoms with Gasteiger partial charge in [-0.15, -0.1) is 6.58 Å². The summed E-state index contributed by atoms with van der Waals surface area (Å²) in [4.78, 5) is 0. The Balaban J connectivity index is 3.77. The molecule has 0 fully saturated rings. The lowest BCUT2D eigenvalue weighted by atomic mass is 10.1. The van der Waals surface area contributed by atoms with Crippen molar-refractivity contribution in [3.8, 4) is 0 Å². The van der Waals surface area contributed by atoms with Gasteiger partial charge in [-0.05, 0) is 12.0 Å². The summed E-state index contributed by atoms with van der Waals surface area (Å²) in [6, 6.07) is 0. The molecule has 0 aromatic carbocycles. The van der Waals surface area contributed by atoms with Gasteiger partial charge < -0.3 is 10.2 Å². The van der Waals surface area contributed by atoms with E-state index in [9.17, 15) is 0 Å². The van der Waals surface area contributed by atoms with E-state index in [1.807, 2.05) is 0 Å². The zero-order valence-electron chi connectivity index (χ0n) is 6.33. The van der Waals surface area contributed by atoms with Crippen molar-refractivity contribution in [2.45, 2.75) is 18.6 Å². The normalized spacial score (nSPS) is 15.5. The Kier molecular flexibility index (Phi) is 5.46. The quantitative estimate of drug-likeness (QED) is 0.541. The Hall–Kier alpha value is -0.120. The zero-order chi connectivity index (χ0) is 8.85. The zero-order valence-corrected chi connectivity index (χ0v) is 7.92. The second-order valence-corrected chi connectivity index (χ2v) is 3.00. The highest BCUT2D eigenvalue weighted by molar-refractivity contribution is 9.09. The average molecular weight is 221 g/mol. The molecule has 0 aliphatic carbocycles. The largest absolute Gasteiger partial charge is 0.392 e. The lowest BCUT2D eigenvalue weighted by Gasteiger charge is -2.12. The summed E-state index contributed by atoms with van der Waals surface area (Å²) >= 11 is 3.12. The summed E-state index contributed by atoms with van der Waals surface area (Å²) in [6.45, 7) is 7.02. The van der Waals surface area contributed by atoms with E-state index in [0.29, 0.717) is 17.3 Å². The van der Waals surface area contributed by atoms with Crippen molar-refractivity contribution < 1.29 is 10.2 Å². The van der Waals surface area contributed by atoms with Gasteiger partial charge in [0.25, 0.3) is 0 Å². The third-order valence-electron chi connectivity index (χ3n) is 1.32. The first kappa shape index (κ1) is 10.9. The highest BCUT2D eigenvalue weighted by Gasteiger charge is 2.08. The summed E-state index contributed by atoms with van der Waals surface area (Å²) in [5, 5.41) is 18.7. The molecule has 2 nitrogen and oxygen atoms in total. The Morgan fingerprint density at radius 2 is 2.09 bits per heavy atom. The lowest BCUT2D eigenvalue weighted by Crippen LogP contribution is -2.14.